The Kier molecular flexibility index (Phi) is 37.1. The van der Waals surface area contributed by atoms with Crippen LogP contribution >= 0.6 is 7.82 Å². The predicted octanol–water partition coefficient (Wildman–Crippen LogP) is 12.2. The fourth-order valence-electron chi connectivity index (χ4n) is 7.27. The summed E-state index contributed by atoms with van der Waals surface area (Å²) in [6.45, 7) is 6.92. The number of nitrogens with zero attached hydrogens (tertiary/aromatic N) is 1. The van der Waals surface area contributed by atoms with Crippen molar-refractivity contribution >= 4 is 13.7 Å². The van der Waals surface area contributed by atoms with Crippen LogP contribution in [0, 0.1) is 5.92 Å². The van der Waals surface area contributed by atoms with Crippen molar-refractivity contribution in [2.45, 2.75) is 244 Å². The molecular formula is C46H96N2O7P+. The van der Waals surface area contributed by atoms with E-state index in [9.17, 15) is 24.5 Å². The van der Waals surface area contributed by atoms with E-state index >= 15 is 0 Å². The molecule has 0 aliphatic rings. The molecule has 0 rings (SSSR count). The Hall–Kier alpha value is -0.540. The average Bonchev–Trinajstić information content (AvgIpc) is 3.13. The quantitative estimate of drug-likeness (QED) is 0.0274. The Balaban J connectivity index is 4.32. The minimum atomic E-state index is -4.41. The Morgan fingerprint density at radius 3 is 1.36 bits per heavy atom. The van der Waals surface area contributed by atoms with Gasteiger partial charge in [-0.1, -0.05) is 207 Å². The maximum atomic E-state index is 12.9. The van der Waals surface area contributed by atoms with Crippen molar-refractivity contribution in [3.05, 3.63) is 0 Å². The maximum Gasteiger partial charge on any atom is 0.472 e. The van der Waals surface area contributed by atoms with Gasteiger partial charge in [0.1, 0.15) is 19.3 Å². The maximum absolute atomic E-state index is 12.9. The van der Waals surface area contributed by atoms with Gasteiger partial charge in [-0.25, -0.2) is 4.57 Å². The molecule has 0 spiro atoms. The van der Waals surface area contributed by atoms with Gasteiger partial charge in [-0.3, -0.25) is 13.8 Å². The zero-order valence-electron chi connectivity index (χ0n) is 37.9. The topological polar surface area (TPSA) is 125 Å². The van der Waals surface area contributed by atoms with E-state index in [4.69, 9.17) is 9.05 Å². The molecule has 0 aliphatic carbocycles. The van der Waals surface area contributed by atoms with Crippen molar-refractivity contribution in [1.82, 2.24) is 5.32 Å². The summed E-state index contributed by atoms with van der Waals surface area (Å²) in [6.07, 6.45) is 36.1. The second-order valence-corrected chi connectivity index (χ2v) is 19.9. The lowest BCUT2D eigenvalue weighted by molar-refractivity contribution is -0.870. The molecule has 4 N–H and O–H groups in total. The van der Waals surface area contributed by atoms with E-state index in [2.05, 4.69) is 26.1 Å². The lowest BCUT2D eigenvalue weighted by Crippen LogP contribution is -2.51. The summed E-state index contributed by atoms with van der Waals surface area (Å²) >= 11 is 0. The third-order valence-corrected chi connectivity index (χ3v) is 12.1. The zero-order valence-corrected chi connectivity index (χ0v) is 38.8. The summed E-state index contributed by atoms with van der Waals surface area (Å²) in [5.74, 6) is 0.517. The van der Waals surface area contributed by atoms with Gasteiger partial charge in [-0.05, 0) is 18.8 Å². The summed E-state index contributed by atoms with van der Waals surface area (Å²) in [7, 11) is 1.45. The first-order valence-corrected chi connectivity index (χ1v) is 25.3. The van der Waals surface area contributed by atoms with E-state index < -0.39 is 32.7 Å². The van der Waals surface area contributed by atoms with E-state index in [0.717, 1.165) is 44.4 Å². The number of unbranched alkanes of at least 4 members (excludes halogenated alkanes) is 27. The van der Waals surface area contributed by atoms with Crippen LogP contribution in [-0.2, 0) is 18.4 Å². The molecule has 0 fully saturated rings. The molecule has 0 aromatic rings. The molecule has 4 atom stereocenters. The lowest BCUT2D eigenvalue weighted by atomic mass is 9.99. The van der Waals surface area contributed by atoms with Crippen LogP contribution in [0.15, 0.2) is 0 Å². The molecule has 336 valence electrons. The Labute approximate surface area is 347 Å². The number of phosphoric acid groups is 1. The van der Waals surface area contributed by atoms with Crippen LogP contribution in [0.25, 0.3) is 0 Å². The van der Waals surface area contributed by atoms with Crippen molar-refractivity contribution < 1.29 is 38.0 Å². The molecule has 1 unspecified atom stereocenters. The number of rotatable bonds is 43. The van der Waals surface area contributed by atoms with Gasteiger partial charge >= 0.3 is 7.82 Å². The highest BCUT2D eigenvalue weighted by atomic mass is 31.2. The molecule has 1 amide bonds. The monoisotopic (exact) mass is 820 g/mol. The van der Waals surface area contributed by atoms with Gasteiger partial charge in [0.05, 0.1) is 39.9 Å². The number of hydrogen-bond acceptors (Lipinski definition) is 6. The van der Waals surface area contributed by atoms with Gasteiger partial charge in [-0.15, -0.1) is 0 Å². The average molecular weight is 820 g/mol. The fraction of sp³-hybridized carbons (Fsp3) is 0.978. The van der Waals surface area contributed by atoms with Gasteiger partial charge in [0.15, 0.2) is 0 Å². The first kappa shape index (κ1) is 55.5. The van der Waals surface area contributed by atoms with Crippen LogP contribution in [-0.4, -0.2) is 84.6 Å². The SMILES string of the molecule is CCCCCCCCCCCCCCCCCCCCCCCC(=O)N[C@@H](COP(=O)(O)OCC[N+](C)(C)C)[C@H](O)[C@H](O)CCCCCCCCCCC(C)C. The van der Waals surface area contributed by atoms with E-state index in [1.165, 1.54) is 154 Å². The van der Waals surface area contributed by atoms with Crippen LogP contribution in [0.4, 0.5) is 0 Å². The van der Waals surface area contributed by atoms with Crippen molar-refractivity contribution in [2.75, 3.05) is 40.9 Å². The minimum absolute atomic E-state index is 0.0247. The number of aliphatic hydroxyl groups is 2. The van der Waals surface area contributed by atoms with Crippen molar-refractivity contribution in [3.8, 4) is 0 Å². The van der Waals surface area contributed by atoms with Gasteiger partial charge in [0.2, 0.25) is 5.91 Å². The zero-order chi connectivity index (χ0) is 41.8. The lowest BCUT2D eigenvalue weighted by Gasteiger charge is -2.28. The number of amides is 1. The molecule has 0 saturated heterocycles. The molecule has 9 nitrogen and oxygen atoms in total. The van der Waals surface area contributed by atoms with Crippen molar-refractivity contribution in [1.29, 1.82) is 0 Å². The first-order valence-electron chi connectivity index (χ1n) is 23.8. The number of quaternary nitrogens is 1. The number of likely N-dealkylation sites (N-methyl/N-ethyl adjacent to an activating group) is 1. The largest absolute Gasteiger partial charge is 0.472 e. The standard InChI is InChI=1S/C46H95N2O7P/c1-7-8-9-10-11-12-13-14-15-16-17-18-19-20-21-22-23-24-29-32-35-38-45(50)47-43(41-55-56(52,53)54-40-39-48(4,5)6)46(51)44(49)37-34-31-28-26-25-27-30-33-36-42(2)3/h42-44,46,49,51H,7-41H2,1-6H3,(H-,47,50,52,53)/p+1/t43-,44+,46-/m0/s1. The van der Waals surface area contributed by atoms with Crippen molar-refractivity contribution in [2.24, 2.45) is 5.92 Å². The molecule has 0 aromatic carbocycles. The Bertz CT molecular complexity index is 916. The Morgan fingerprint density at radius 2 is 0.964 bits per heavy atom. The number of carbonyl (C=O) groups excluding carboxylic acids is 1. The number of hydrogen-bond donors (Lipinski definition) is 4. The third kappa shape index (κ3) is 38.9. The molecule has 10 heteroatoms. The van der Waals surface area contributed by atoms with Crippen molar-refractivity contribution in [3.63, 3.8) is 0 Å². The summed E-state index contributed by atoms with van der Waals surface area (Å²) < 4.78 is 23.5. The molecule has 0 heterocycles. The first-order chi connectivity index (χ1) is 26.8. The second-order valence-electron chi connectivity index (χ2n) is 18.5. The number of phosphoric ester groups is 1. The minimum Gasteiger partial charge on any atom is -0.390 e. The normalized spacial score (nSPS) is 14.9. The molecule has 56 heavy (non-hydrogen) atoms. The smallest absolute Gasteiger partial charge is 0.390 e. The highest BCUT2D eigenvalue weighted by molar-refractivity contribution is 7.47. The fourth-order valence-corrected chi connectivity index (χ4v) is 8.01. The van der Waals surface area contributed by atoms with Crippen LogP contribution in [0.3, 0.4) is 0 Å². The van der Waals surface area contributed by atoms with Crippen LogP contribution in [0.1, 0.15) is 226 Å². The third-order valence-electron chi connectivity index (χ3n) is 11.1. The predicted molar refractivity (Wildman–Crippen MR) is 237 cm³/mol. The molecule has 0 aliphatic heterocycles. The van der Waals surface area contributed by atoms with Gasteiger partial charge in [0, 0.05) is 6.42 Å². The Morgan fingerprint density at radius 1 is 0.589 bits per heavy atom. The van der Waals surface area contributed by atoms with E-state index in [1.54, 1.807) is 0 Å². The highest BCUT2D eigenvalue weighted by Gasteiger charge is 2.31. The number of aliphatic hydroxyl groups excluding tert-OH is 2. The molecule has 0 aromatic heterocycles. The van der Waals surface area contributed by atoms with Crippen LogP contribution in [0.2, 0.25) is 0 Å². The van der Waals surface area contributed by atoms with Gasteiger partial charge in [0.25, 0.3) is 0 Å². The summed E-state index contributed by atoms with van der Waals surface area (Å²) in [5, 5.41) is 24.7. The van der Waals surface area contributed by atoms with Gasteiger partial charge < -0.3 is 24.9 Å². The number of nitrogens with one attached hydrogen (secondary N) is 1. The second kappa shape index (κ2) is 37.5. The highest BCUT2D eigenvalue weighted by Crippen LogP contribution is 2.43. The number of carbonyl (C=O) groups is 1. The van der Waals surface area contributed by atoms with Crippen LogP contribution in [0.5, 0.6) is 0 Å². The molecular weight excluding hydrogens is 723 g/mol. The summed E-state index contributed by atoms with van der Waals surface area (Å²) in [4.78, 5) is 23.2. The van der Waals surface area contributed by atoms with E-state index in [0.29, 0.717) is 23.9 Å². The molecule has 0 bridgehead atoms. The molecule has 0 saturated carbocycles. The van der Waals surface area contributed by atoms with E-state index in [1.807, 2.05) is 21.1 Å². The van der Waals surface area contributed by atoms with Crippen LogP contribution < -0.4 is 5.32 Å². The summed E-state index contributed by atoms with van der Waals surface area (Å²) in [6, 6.07) is -1.03. The van der Waals surface area contributed by atoms with E-state index in [-0.39, 0.29) is 12.5 Å². The van der Waals surface area contributed by atoms with Gasteiger partial charge in [-0.2, -0.15) is 0 Å². The summed E-state index contributed by atoms with van der Waals surface area (Å²) in [5.41, 5.74) is 0. The molecule has 0 radical (unpaired) electrons.